The summed E-state index contributed by atoms with van der Waals surface area (Å²) < 4.78 is 43.7. The zero-order valence-corrected chi connectivity index (χ0v) is 17.7. The second kappa shape index (κ2) is 9.86. The van der Waals surface area contributed by atoms with Crippen molar-refractivity contribution in [3.05, 3.63) is 18.2 Å². The fourth-order valence-electron chi connectivity index (χ4n) is 3.21. The molecule has 0 unspecified atom stereocenters. The summed E-state index contributed by atoms with van der Waals surface area (Å²) in [6.45, 7) is 7.90. The predicted molar refractivity (Wildman–Crippen MR) is 108 cm³/mol. The first-order valence-corrected chi connectivity index (χ1v) is 11.3. The first-order valence-electron chi connectivity index (χ1n) is 9.85. The highest BCUT2D eigenvalue weighted by Crippen LogP contribution is 2.30. The van der Waals surface area contributed by atoms with E-state index < -0.39 is 10.0 Å². The summed E-state index contributed by atoms with van der Waals surface area (Å²) in [5.74, 6) is 0.220. The van der Waals surface area contributed by atoms with Crippen LogP contribution >= 0.6 is 0 Å². The summed E-state index contributed by atoms with van der Waals surface area (Å²) in [7, 11) is -3.67. The first-order chi connectivity index (χ1) is 13.9. The van der Waals surface area contributed by atoms with E-state index in [1.807, 2.05) is 18.7 Å². The van der Waals surface area contributed by atoms with Gasteiger partial charge in [-0.25, -0.2) is 8.42 Å². The van der Waals surface area contributed by atoms with Gasteiger partial charge in [0.25, 0.3) is 0 Å². The topological polar surface area (TPSA) is 97.4 Å². The van der Waals surface area contributed by atoms with Crippen LogP contribution in [-0.2, 0) is 24.3 Å². The molecule has 2 aliphatic heterocycles. The summed E-state index contributed by atoms with van der Waals surface area (Å²) in [6.07, 6.45) is -0.119. The Bertz CT molecular complexity index is 802. The Balaban J connectivity index is 1.80. The second-order valence-electron chi connectivity index (χ2n) is 7.28. The molecule has 1 N–H and O–H groups in total. The zero-order valence-electron chi connectivity index (χ0n) is 16.9. The average molecular weight is 428 g/mol. The number of carbonyl (C=O) groups excluding carboxylic acids is 1. The molecule has 2 heterocycles. The third-order valence-electron chi connectivity index (χ3n) is 4.67. The highest BCUT2D eigenvalue weighted by molar-refractivity contribution is 7.89. The number of anilines is 1. The number of nitrogens with one attached hydrogen (secondary N) is 1. The van der Waals surface area contributed by atoms with Crippen LogP contribution < -0.4 is 10.1 Å². The van der Waals surface area contributed by atoms with Crippen LogP contribution in [0.3, 0.4) is 0 Å². The minimum absolute atomic E-state index is 0.119. The predicted octanol–water partition coefficient (Wildman–Crippen LogP) is 0.765. The number of hydrogen-bond acceptors (Lipinski definition) is 7. The Morgan fingerprint density at radius 1 is 1.10 bits per heavy atom. The summed E-state index contributed by atoms with van der Waals surface area (Å²) in [4.78, 5) is 14.7. The van der Waals surface area contributed by atoms with Crippen molar-refractivity contribution in [1.82, 2.24) is 9.21 Å². The molecular weight excluding hydrogens is 398 g/mol. The number of nitrogens with zero attached hydrogens (tertiary/aromatic N) is 2. The van der Waals surface area contributed by atoms with Crippen molar-refractivity contribution in [2.45, 2.75) is 24.8 Å². The average Bonchev–Trinajstić information content (AvgIpc) is 2.70. The molecule has 29 heavy (non-hydrogen) atoms. The van der Waals surface area contributed by atoms with Gasteiger partial charge in [-0.05, 0) is 32.0 Å². The summed E-state index contributed by atoms with van der Waals surface area (Å²) in [6, 6.07) is 4.58. The molecule has 0 atom stereocenters. The van der Waals surface area contributed by atoms with Crippen LogP contribution in [0.5, 0.6) is 5.75 Å². The monoisotopic (exact) mass is 427 g/mol. The van der Waals surface area contributed by atoms with Crippen molar-refractivity contribution in [1.29, 1.82) is 0 Å². The molecule has 2 saturated heterocycles. The minimum atomic E-state index is -3.67. The molecule has 9 nitrogen and oxygen atoms in total. The molecule has 162 valence electrons. The number of rotatable bonds is 7. The largest absolute Gasteiger partial charge is 0.489 e. The van der Waals surface area contributed by atoms with Crippen LogP contribution in [0, 0.1) is 0 Å². The Morgan fingerprint density at radius 3 is 2.34 bits per heavy atom. The molecule has 0 saturated carbocycles. The first kappa shape index (κ1) is 22.0. The Labute approximate surface area is 171 Å². The number of hydrogen-bond donors (Lipinski definition) is 1. The van der Waals surface area contributed by atoms with E-state index in [0.717, 1.165) is 0 Å². The van der Waals surface area contributed by atoms with Crippen LogP contribution in [-0.4, -0.2) is 88.8 Å². The summed E-state index contributed by atoms with van der Waals surface area (Å²) in [5.41, 5.74) is 0.353. The van der Waals surface area contributed by atoms with Gasteiger partial charge in [0.2, 0.25) is 15.9 Å². The van der Waals surface area contributed by atoms with Gasteiger partial charge in [-0.1, -0.05) is 0 Å². The molecule has 1 amide bonds. The van der Waals surface area contributed by atoms with E-state index in [1.165, 1.54) is 16.4 Å². The number of morpholine rings is 2. The quantitative estimate of drug-likeness (QED) is 0.686. The number of sulfonamides is 1. The van der Waals surface area contributed by atoms with E-state index in [-0.39, 0.29) is 23.5 Å². The Kier molecular flexibility index (Phi) is 7.47. The zero-order chi connectivity index (χ0) is 20.9. The van der Waals surface area contributed by atoms with Crippen LogP contribution in [0.4, 0.5) is 5.69 Å². The van der Waals surface area contributed by atoms with Gasteiger partial charge in [-0.15, -0.1) is 0 Å². The smallest absolute Gasteiger partial charge is 0.243 e. The molecule has 2 aliphatic rings. The van der Waals surface area contributed by atoms with E-state index >= 15 is 0 Å². The summed E-state index contributed by atoms with van der Waals surface area (Å²) >= 11 is 0. The van der Waals surface area contributed by atoms with Crippen molar-refractivity contribution < 1.29 is 27.4 Å². The minimum Gasteiger partial charge on any atom is -0.489 e. The van der Waals surface area contributed by atoms with Crippen molar-refractivity contribution in [2.24, 2.45) is 0 Å². The normalized spacial score (nSPS) is 19.3. The van der Waals surface area contributed by atoms with Gasteiger partial charge in [-0.2, -0.15) is 4.31 Å². The van der Waals surface area contributed by atoms with Crippen LogP contribution in [0.2, 0.25) is 0 Å². The molecule has 0 spiro atoms. The van der Waals surface area contributed by atoms with Gasteiger partial charge in [0.05, 0.1) is 49.7 Å². The van der Waals surface area contributed by atoms with E-state index in [9.17, 15) is 13.2 Å². The van der Waals surface area contributed by atoms with Crippen molar-refractivity contribution in [2.75, 3.05) is 64.5 Å². The number of ether oxygens (including phenoxy) is 3. The SMILES string of the molecule is CC(C)Oc1ccc(S(=O)(=O)N2CCOCC2)cc1NC(=O)CN1CCOCC1. The van der Waals surface area contributed by atoms with E-state index in [2.05, 4.69) is 5.32 Å². The fourth-order valence-corrected chi connectivity index (χ4v) is 4.65. The lowest BCUT2D eigenvalue weighted by atomic mass is 10.2. The molecule has 1 aromatic rings. The van der Waals surface area contributed by atoms with E-state index in [0.29, 0.717) is 64.0 Å². The molecule has 0 radical (unpaired) electrons. The second-order valence-corrected chi connectivity index (χ2v) is 9.22. The standard InChI is InChI=1S/C19H29N3O6S/c1-15(2)28-18-4-3-16(29(24,25)22-7-11-27-12-8-22)13-17(18)20-19(23)14-21-5-9-26-10-6-21/h3-4,13,15H,5-12,14H2,1-2H3,(H,20,23). The Hall–Kier alpha value is -1.72. The highest BCUT2D eigenvalue weighted by Gasteiger charge is 2.27. The van der Waals surface area contributed by atoms with E-state index in [4.69, 9.17) is 14.2 Å². The fraction of sp³-hybridized carbons (Fsp3) is 0.632. The van der Waals surface area contributed by atoms with Crippen LogP contribution in [0.15, 0.2) is 23.1 Å². The van der Waals surface area contributed by atoms with Crippen molar-refractivity contribution >= 4 is 21.6 Å². The Morgan fingerprint density at radius 2 is 1.72 bits per heavy atom. The molecular formula is C19H29N3O6S. The molecule has 3 rings (SSSR count). The van der Waals surface area contributed by atoms with Gasteiger partial charge in [0.1, 0.15) is 5.75 Å². The number of benzene rings is 1. The molecule has 10 heteroatoms. The van der Waals surface area contributed by atoms with Gasteiger partial charge in [-0.3, -0.25) is 9.69 Å². The van der Waals surface area contributed by atoms with E-state index in [1.54, 1.807) is 6.07 Å². The van der Waals surface area contributed by atoms with Gasteiger partial charge in [0.15, 0.2) is 0 Å². The molecule has 0 bridgehead atoms. The molecule has 0 aliphatic carbocycles. The lowest BCUT2D eigenvalue weighted by molar-refractivity contribution is -0.118. The maximum Gasteiger partial charge on any atom is 0.243 e. The van der Waals surface area contributed by atoms with Gasteiger partial charge >= 0.3 is 0 Å². The lowest BCUT2D eigenvalue weighted by Gasteiger charge is -2.27. The summed E-state index contributed by atoms with van der Waals surface area (Å²) in [5, 5.41) is 2.82. The third-order valence-corrected chi connectivity index (χ3v) is 6.56. The maximum absolute atomic E-state index is 13.0. The number of carbonyl (C=O) groups is 1. The molecule has 1 aromatic carbocycles. The number of amides is 1. The van der Waals surface area contributed by atoms with Crippen LogP contribution in [0.25, 0.3) is 0 Å². The molecule has 2 fully saturated rings. The van der Waals surface area contributed by atoms with Crippen molar-refractivity contribution in [3.63, 3.8) is 0 Å². The van der Waals surface area contributed by atoms with Crippen LogP contribution in [0.1, 0.15) is 13.8 Å². The highest BCUT2D eigenvalue weighted by atomic mass is 32.2. The van der Waals surface area contributed by atoms with Gasteiger partial charge in [0, 0.05) is 26.2 Å². The van der Waals surface area contributed by atoms with Crippen molar-refractivity contribution in [3.8, 4) is 5.75 Å². The van der Waals surface area contributed by atoms with Gasteiger partial charge < -0.3 is 19.5 Å². The molecule has 0 aromatic heterocycles. The maximum atomic E-state index is 13.0. The lowest BCUT2D eigenvalue weighted by Crippen LogP contribution is -2.41. The third kappa shape index (κ3) is 5.89.